The smallest absolute Gasteiger partial charge is 0.269 e. The van der Waals surface area contributed by atoms with Crippen LogP contribution in [0.15, 0.2) is 48.5 Å². The molecule has 0 unspecified atom stereocenters. The summed E-state index contributed by atoms with van der Waals surface area (Å²) in [6.45, 7) is 2.21. The van der Waals surface area contributed by atoms with Gasteiger partial charge >= 0.3 is 0 Å². The van der Waals surface area contributed by atoms with E-state index in [1.165, 1.54) is 29.8 Å². The molecule has 0 heterocycles. The Kier molecular flexibility index (Phi) is 5.08. The molecule has 0 aliphatic carbocycles. The van der Waals surface area contributed by atoms with E-state index in [1.54, 1.807) is 0 Å². The van der Waals surface area contributed by atoms with E-state index >= 15 is 0 Å². The lowest BCUT2D eigenvalue weighted by molar-refractivity contribution is -0.384. The molecule has 0 radical (unpaired) electrons. The first kappa shape index (κ1) is 15.5. The molecule has 0 saturated carbocycles. The Hall–Kier alpha value is -2.89. The standard InChI is InChI=1S/C16H17N3O3/c1-2-12-3-5-13(6-4-12)17-11-16(20)18-14-7-9-15(10-8-14)19(21)22/h3-10,17H,2,11H2,1H3,(H,18,20). The molecule has 0 aromatic heterocycles. The molecule has 0 saturated heterocycles. The number of nitrogens with zero attached hydrogens (tertiary/aromatic N) is 1. The number of anilines is 2. The molecular formula is C16H17N3O3. The number of benzene rings is 2. The summed E-state index contributed by atoms with van der Waals surface area (Å²) in [7, 11) is 0. The highest BCUT2D eigenvalue weighted by atomic mass is 16.6. The third-order valence-corrected chi connectivity index (χ3v) is 3.18. The Labute approximate surface area is 128 Å². The highest BCUT2D eigenvalue weighted by molar-refractivity contribution is 5.93. The van der Waals surface area contributed by atoms with Gasteiger partial charge in [0.25, 0.3) is 5.69 Å². The number of nitrogens with one attached hydrogen (secondary N) is 2. The van der Waals surface area contributed by atoms with Crippen molar-refractivity contribution in [2.75, 3.05) is 17.2 Å². The second-order valence-corrected chi connectivity index (χ2v) is 4.76. The van der Waals surface area contributed by atoms with E-state index < -0.39 is 4.92 Å². The third-order valence-electron chi connectivity index (χ3n) is 3.18. The maximum atomic E-state index is 11.8. The number of hydrogen-bond donors (Lipinski definition) is 2. The van der Waals surface area contributed by atoms with Gasteiger partial charge in [0, 0.05) is 23.5 Å². The number of nitro benzene ring substituents is 1. The summed E-state index contributed by atoms with van der Waals surface area (Å²) in [5, 5.41) is 16.2. The molecule has 0 spiro atoms. The van der Waals surface area contributed by atoms with Crippen molar-refractivity contribution in [3.8, 4) is 0 Å². The average Bonchev–Trinajstić information content (AvgIpc) is 2.54. The van der Waals surface area contributed by atoms with Crippen LogP contribution in [0.25, 0.3) is 0 Å². The van der Waals surface area contributed by atoms with E-state index in [0.29, 0.717) is 5.69 Å². The number of non-ortho nitro benzene ring substituents is 1. The number of nitro groups is 1. The van der Waals surface area contributed by atoms with E-state index in [1.807, 2.05) is 24.3 Å². The number of carbonyl (C=O) groups is 1. The first-order valence-electron chi connectivity index (χ1n) is 6.95. The molecule has 0 aliphatic heterocycles. The molecule has 2 aromatic rings. The molecule has 0 bridgehead atoms. The summed E-state index contributed by atoms with van der Waals surface area (Å²) >= 11 is 0. The second kappa shape index (κ2) is 7.21. The van der Waals surface area contributed by atoms with Gasteiger partial charge in [0.1, 0.15) is 0 Å². The summed E-state index contributed by atoms with van der Waals surface area (Å²) in [5.74, 6) is -0.214. The fourth-order valence-electron chi connectivity index (χ4n) is 1.91. The van der Waals surface area contributed by atoms with Crippen molar-refractivity contribution in [3.05, 3.63) is 64.2 Å². The maximum Gasteiger partial charge on any atom is 0.269 e. The Bertz CT molecular complexity index is 651. The van der Waals surface area contributed by atoms with Crippen molar-refractivity contribution in [3.63, 3.8) is 0 Å². The summed E-state index contributed by atoms with van der Waals surface area (Å²) in [4.78, 5) is 21.9. The van der Waals surface area contributed by atoms with Crippen LogP contribution in [0.3, 0.4) is 0 Å². The van der Waals surface area contributed by atoms with Crippen LogP contribution in [0, 0.1) is 10.1 Å². The van der Waals surface area contributed by atoms with E-state index in [9.17, 15) is 14.9 Å². The largest absolute Gasteiger partial charge is 0.376 e. The van der Waals surface area contributed by atoms with E-state index in [2.05, 4.69) is 17.6 Å². The normalized spacial score (nSPS) is 10.0. The number of hydrogen-bond acceptors (Lipinski definition) is 4. The number of amides is 1. The monoisotopic (exact) mass is 299 g/mol. The lowest BCUT2D eigenvalue weighted by Crippen LogP contribution is -2.21. The molecule has 2 rings (SSSR count). The molecule has 114 valence electrons. The highest BCUT2D eigenvalue weighted by Crippen LogP contribution is 2.15. The van der Waals surface area contributed by atoms with Gasteiger partial charge in [-0.05, 0) is 36.2 Å². The van der Waals surface area contributed by atoms with Crippen LogP contribution in [-0.2, 0) is 11.2 Å². The fourth-order valence-corrected chi connectivity index (χ4v) is 1.91. The quantitative estimate of drug-likeness (QED) is 0.633. The predicted octanol–water partition coefficient (Wildman–Crippen LogP) is 3.21. The third kappa shape index (κ3) is 4.31. The number of rotatable bonds is 6. The molecule has 6 heteroatoms. The van der Waals surface area contributed by atoms with Crippen LogP contribution in [-0.4, -0.2) is 17.4 Å². The van der Waals surface area contributed by atoms with Gasteiger partial charge in [0.2, 0.25) is 5.91 Å². The zero-order valence-corrected chi connectivity index (χ0v) is 12.2. The zero-order chi connectivity index (χ0) is 15.9. The van der Waals surface area contributed by atoms with Crippen molar-refractivity contribution in [1.29, 1.82) is 0 Å². The molecular weight excluding hydrogens is 282 g/mol. The molecule has 0 fully saturated rings. The lowest BCUT2D eigenvalue weighted by Gasteiger charge is -2.08. The van der Waals surface area contributed by atoms with Crippen molar-refractivity contribution < 1.29 is 9.72 Å². The van der Waals surface area contributed by atoms with Crippen LogP contribution in [0.4, 0.5) is 17.1 Å². The summed E-state index contributed by atoms with van der Waals surface area (Å²) < 4.78 is 0. The van der Waals surface area contributed by atoms with E-state index in [4.69, 9.17) is 0 Å². The van der Waals surface area contributed by atoms with Gasteiger partial charge in [-0.3, -0.25) is 14.9 Å². The van der Waals surface area contributed by atoms with Crippen LogP contribution < -0.4 is 10.6 Å². The molecule has 2 N–H and O–H groups in total. The van der Waals surface area contributed by atoms with E-state index in [-0.39, 0.29) is 18.1 Å². The van der Waals surface area contributed by atoms with Crippen LogP contribution in [0.5, 0.6) is 0 Å². The van der Waals surface area contributed by atoms with Crippen LogP contribution >= 0.6 is 0 Å². The molecule has 22 heavy (non-hydrogen) atoms. The Balaban J connectivity index is 1.85. The van der Waals surface area contributed by atoms with Crippen LogP contribution in [0.2, 0.25) is 0 Å². The first-order valence-corrected chi connectivity index (χ1v) is 6.95. The van der Waals surface area contributed by atoms with Gasteiger partial charge in [0.05, 0.1) is 11.5 Å². The van der Waals surface area contributed by atoms with Crippen molar-refractivity contribution in [2.45, 2.75) is 13.3 Å². The minimum absolute atomic E-state index is 0.00728. The SMILES string of the molecule is CCc1ccc(NCC(=O)Nc2ccc([N+](=O)[O-])cc2)cc1. The number of aryl methyl sites for hydroxylation is 1. The zero-order valence-electron chi connectivity index (χ0n) is 12.2. The van der Waals surface area contributed by atoms with Gasteiger partial charge in [-0.2, -0.15) is 0 Å². The molecule has 2 aromatic carbocycles. The van der Waals surface area contributed by atoms with Gasteiger partial charge in [-0.1, -0.05) is 19.1 Å². The Morgan fingerprint density at radius 1 is 1.05 bits per heavy atom. The average molecular weight is 299 g/mol. The lowest BCUT2D eigenvalue weighted by atomic mass is 10.1. The number of carbonyl (C=O) groups excluding carboxylic acids is 1. The van der Waals surface area contributed by atoms with Gasteiger partial charge in [-0.25, -0.2) is 0 Å². The summed E-state index contributed by atoms with van der Waals surface area (Å²) in [6.07, 6.45) is 0.973. The maximum absolute atomic E-state index is 11.8. The van der Waals surface area contributed by atoms with Gasteiger partial charge in [-0.15, -0.1) is 0 Å². The fraction of sp³-hybridized carbons (Fsp3) is 0.188. The minimum Gasteiger partial charge on any atom is -0.376 e. The topological polar surface area (TPSA) is 84.3 Å². The molecule has 1 amide bonds. The van der Waals surface area contributed by atoms with E-state index in [0.717, 1.165) is 12.1 Å². The molecule has 6 nitrogen and oxygen atoms in total. The summed E-state index contributed by atoms with van der Waals surface area (Å²) in [6, 6.07) is 13.6. The van der Waals surface area contributed by atoms with Gasteiger partial charge < -0.3 is 10.6 Å². The molecule has 0 atom stereocenters. The Morgan fingerprint density at radius 2 is 1.64 bits per heavy atom. The first-order chi connectivity index (χ1) is 10.6. The minimum atomic E-state index is -0.479. The highest BCUT2D eigenvalue weighted by Gasteiger charge is 2.06. The van der Waals surface area contributed by atoms with Crippen LogP contribution in [0.1, 0.15) is 12.5 Å². The Morgan fingerprint density at radius 3 is 2.18 bits per heavy atom. The van der Waals surface area contributed by atoms with Gasteiger partial charge in [0.15, 0.2) is 0 Å². The second-order valence-electron chi connectivity index (χ2n) is 4.76. The predicted molar refractivity (Wildman–Crippen MR) is 86.0 cm³/mol. The summed E-state index contributed by atoms with van der Waals surface area (Å²) in [5.41, 5.74) is 2.63. The molecule has 0 aliphatic rings. The van der Waals surface area contributed by atoms with Crippen molar-refractivity contribution in [2.24, 2.45) is 0 Å². The van der Waals surface area contributed by atoms with Crippen molar-refractivity contribution >= 4 is 23.0 Å². The van der Waals surface area contributed by atoms with Crippen molar-refractivity contribution in [1.82, 2.24) is 0 Å².